The second-order valence-corrected chi connectivity index (χ2v) is 4.69. The van der Waals surface area contributed by atoms with Crippen LogP contribution in [0.4, 0.5) is 4.39 Å². The number of methoxy groups -OCH3 is 1. The van der Waals surface area contributed by atoms with Gasteiger partial charge in [-0.25, -0.2) is 4.39 Å². The zero-order valence-electron chi connectivity index (χ0n) is 10.7. The fraction of sp³-hybridized carbons (Fsp3) is 0.571. The minimum Gasteiger partial charge on any atom is -0.494 e. The quantitative estimate of drug-likeness (QED) is 0.894. The number of hydrogen-bond acceptors (Lipinski definition) is 3. The van der Waals surface area contributed by atoms with Gasteiger partial charge in [0.1, 0.15) is 0 Å². The number of nitrogens with zero attached hydrogens (tertiary/aromatic N) is 1. The molecule has 1 N–H and O–H groups in total. The normalized spacial score (nSPS) is 18.6. The molecule has 4 heteroatoms. The summed E-state index contributed by atoms with van der Waals surface area (Å²) in [5.74, 6) is -0.125. The Kier molecular flexibility index (Phi) is 4.55. The van der Waals surface area contributed by atoms with E-state index in [1.807, 2.05) is 6.07 Å². The fourth-order valence-corrected chi connectivity index (χ4v) is 2.55. The molecule has 1 aliphatic heterocycles. The van der Waals surface area contributed by atoms with Crippen molar-refractivity contribution in [2.45, 2.75) is 25.3 Å². The molecule has 0 saturated carbocycles. The number of likely N-dealkylation sites (tertiary alicyclic amines) is 1. The van der Waals surface area contributed by atoms with Gasteiger partial charge in [0.05, 0.1) is 19.8 Å². The van der Waals surface area contributed by atoms with E-state index in [2.05, 4.69) is 4.90 Å². The van der Waals surface area contributed by atoms with Crippen molar-refractivity contribution in [3.8, 4) is 5.75 Å². The van der Waals surface area contributed by atoms with Crippen LogP contribution in [0.15, 0.2) is 18.2 Å². The number of halogens is 1. The maximum absolute atomic E-state index is 13.7. The highest BCUT2D eigenvalue weighted by Gasteiger charge is 2.22. The van der Waals surface area contributed by atoms with Crippen molar-refractivity contribution < 1.29 is 14.2 Å². The Bertz CT molecular complexity index is 391. The van der Waals surface area contributed by atoms with E-state index < -0.39 is 0 Å². The highest BCUT2D eigenvalue weighted by Crippen LogP contribution is 2.27. The lowest BCUT2D eigenvalue weighted by Gasteiger charge is -2.33. The van der Waals surface area contributed by atoms with Crippen LogP contribution in [-0.4, -0.2) is 36.8 Å². The van der Waals surface area contributed by atoms with Crippen LogP contribution < -0.4 is 4.74 Å². The Labute approximate surface area is 107 Å². The summed E-state index contributed by atoms with van der Waals surface area (Å²) in [4.78, 5) is 2.23. The summed E-state index contributed by atoms with van der Waals surface area (Å²) >= 11 is 0. The number of aliphatic hydroxyl groups is 1. The van der Waals surface area contributed by atoms with E-state index in [1.54, 1.807) is 6.07 Å². The average molecular weight is 253 g/mol. The molecule has 100 valence electrons. The first-order valence-electron chi connectivity index (χ1n) is 6.44. The third-order valence-corrected chi connectivity index (χ3v) is 3.56. The van der Waals surface area contributed by atoms with E-state index in [0.717, 1.165) is 31.5 Å². The summed E-state index contributed by atoms with van der Waals surface area (Å²) in [5.41, 5.74) is 0.817. The SMILES string of the molecule is COc1ccc(C(CO)N2CCCCC2)cc1F. The molecule has 0 bridgehead atoms. The number of ether oxygens (including phenoxy) is 1. The zero-order valence-corrected chi connectivity index (χ0v) is 10.7. The van der Waals surface area contributed by atoms with Crippen LogP contribution in [0.3, 0.4) is 0 Å². The molecule has 0 aliphatic carbocycles. The van der Waals surface area contributed by atoms with Gasteiger partial charge in [-0.2, -0.15) is 0 Å². The Morgan fingerprint density at radius 3 is 2.61 bits per heavy atom. The average Bonchev–Trinajstić information content (AvgIpc) is 2.41. The van der Waals surface area contributed by atoms with Gasteiger partial charge >= 0.3 is 0 Å². The Hall–Kier alpha value is -1.13. The first-order chi connectivity index (χ1) is 8.76. The van der Waals surface area contributed by atoms with Crippen LogP contribution in [0, 0.1) is 5.82 Å². The van der Waals surface area contributed by atoms with Crippen LogP contribution in [0.2, 0.25) is 0 Å². The molecule has 1 heterocycles. The van der Waals surface area contributed by atoms with E-state index in [0.29, 0.717) is 0 Å². The van der Waals surface area contributed by atoms with Gasteiger partial charge < -0.3 is 9.84 Å². The van der Waals surface area contributed by atoms with Crippen molar-refractivity contribution in [2.75, 3.05) is 26.8 Å². The third-order valence-electron chi connectivity index (χ3n) is 3.56. The molecule has 0 aromatic heterocycles. The molecule has 1 unspecified atom stereocenters. The molecule has 0 amide bonds. The molecule has 1 saturated heterocycles. The molecule has 0 spiro atoms. The van der Waals surface area contributed by atoms with Crippen LogP contribution >= 0.6 is 0 Å². The molecule has 18 heavy (non-hydrogen) atoms. The molecular formula is C14H20FNO2. The predicted octanol–water partition coefficient (Wildman–Crippen LogP) is 2.35. The van der Waals surface area contributed by atoms with Gasteiger partial charge in [0.15, 0.2) is 11.6 Å². The van der Waals surface area contributed by atoms with Crippen molar-refractivity contribution in [1.29, 1.82) is 0 Å². The highest BCUT2D eigenvalue weighted by atomic mass is 19.1. The van der Waals surface area contributed by atoms with Crippen molar-refractivity contribution in [3.63, 3.8) is 0 Å². The van der Waals surface area contributed by atoms with E-state index >= 15 is 0 Å². The van der Waals surface area contributed by atoms with Crippen molar-refractivity contribution in [1.82, 2.24) is 4.90 Å². The molecule has 2 rings (SSSR count). The lowest BCUT2D eigenvalue weighted by Crippen LogP contribution is -2.35. The summed E-state index contributed by atoms with van der Waals surface area (Å²) in [7, 11) is 1.45. The van der Waals surface area contributed by atoms with Crippen LogP contribution in [0.25, 0.3) is 0 Å². The second-order valence-electron chi connectivity index (χ2n) is 4.69. The smallest absolute Gasteiger partial charge is 0.165 e. The molecular weight excluding hydrogens is 233 g/mol. The third kappa shape index (κ3) is 2.82. The van der Waals surface area contributed by atoms with Gasteiger partial charge in [-0.1, -0.05) is 12.5 Å². The number of aliphatic hydroxyl groups excluding tert-OH is 1. The lowest BCUT2D eigenvalue weighted by atomic mass is 10.0. The fourth-order valence-electron chi connectivity index (χ4n) is 2.55. The molecule has 0 radical (unpaired) electrons. The standard InChI is InChI=1S/C14H20FNO2/c1-18-14-6-5-11(9-12(14)15)13(10-17)16-7-3-2-4-8-16/h5-6,9,13,17H,2-4,7-8,10H2,1H3. The van der Waals surface area contributed by atoms with Gasteiger partial charge in [0.25, 0.3) is 0 Å². The molecule has 1 fully saturated rings. The Morgan fingerprint density at radius 2 is 2.06 bits per heavy atom. The lowest BCUT2D eigenvalue weighted by molar-refractivity contribution is 0.104. The van der Waals surface area contributed by atoms with Gasteiger partial charge in [0, 0.05) is 0 Å². The molecule has 3 nitrogen and oxygen atoms in total. The van der Waals surface area contributed by atoms with Gasteiger partial charge in [0.2, 0.25) is 0 Å². The first kappa shape index (κ1) is 13.3. The number of rotatable bonds is 4. The van der Waals surface area contributed by atoms with Crippen molar-refractivity contribution >= 4 is 0 Å². The van der Waals surface area contributed by atoms with E-state index in [-0.39, 0.29) is 24.2 Å². The van der Waals surface area contributed by atoms with Crippen LogP contribution in [0.1, 0.15) is 30.9 Å². The van der Waals surface area contributed by atoms with Gasteiger partial charge in [-0.3, -0.25) is 4.90 Å². The maximum Gasteiger partial charge on any atom is 0.165 e. The largest absolute Gasteiger partial charge is 0.494 e. The van der Waals surface area contributed by atoms with E-state index in [9.17, 15) is 9.50 Å². The zero-order chi connectivity index (χ0) is 13.0. The molecule has 1 aliphatic rings. The minimum atomic E-state index is -0.370. The van der Waals surface area contributed by atoms with Gasteiger partial charge in [-0.15, -0.1) is 0 Å². The summed E-state index contributed by atoms with van der Waals surface area (Å²) in [6.07, 6.45) is 3.54. The maximum atomic E-state index is 13.7. The number of hydrogen-bond donors (Lipinski definition) is 1. The van der Waals surface area contributed by atoms with Crippen molar-refractivity contribution in [3.05, 3.63) is 29.6 Å². The minimum absolute atomic E-state index is 0.0196. The van der Waals surface area contributed by atoms with Gasteiger partial charge in [-0.05, 0) is 43.6 Å². The molecule has 1 atom stereocenters. The summed E-state index contributed by atoms with van der Waals surface area (Å²) in [6.45, 7) is 1.96. The summed E-state index contributed by atoms with van der Waals surface area (Å²) in [6, 6.07) is 4.81. The molecule has 1 aromatic rings. The second kappa shape index (κ2) is 6.16. The Morgan fingerprint density at radius 1 is 1.33 bits per heavy atom. The molecule has 1 aromatic carbocycles. The highest BCUT2D eigenvalue weighted by molar-refractivity contribution is 5.31. The Balaban J connectivity index is 2.18. The van der Waals surface area contributed by atoms with E-state index in [4.69, 9.17) is 4.74 Å². The number of benzene rings is 1. The van der Waals surface area contributed by atoms with Crippen LogP contribution in [0.5, 0.6) is 5.75 Å². The van der Waals surface area contributed by atoms with Crippen molar-refractivity contribution in [2.24, 2.45) is 0 Å². The topological polar surface area (TPSA) is 32.7 Å². The van der Waals surface area contributed by atoms with E-state index in [1.165, 1.54) is 19.6 Å². The van der Waals surface area contributed by atoms with Crippen LogP contribution in [-0.2, 0) is 0 Å². The summed E-state index contributed by atoms with van der Waals surface area (Å²) < 4.78 is 18.6. The summed E-state index contributed by atoms with van der Waals surface area (Å²) in [5, 5.41) is 9.55. The first-order valence-corrected chi connectivity index (χ1v) is 6.44. The monoisotopic (exact) mass is 253 g/mol. The number of piperidine rings is 1. The predicted molar refractivity (Wildman–Crippen MR) is 68.2 cm³/mol.